The van der Waals surface area contributed by atoms with Crippen LogP contribution in [0, 0.1) is 5.92 Å². The van der Waals surface area contributed by atoms with E-state index in [1.54, 1.807) is 36.4 Å². The van der Waals surface area contributed by atoms with Crippen LogP contribution < -0.4 is 9.47 Å². The molecule has 0 heterocycles. The fraction of sp³-hybridized carbons (Fsp3) is 0.261. The van der Waals surface area contributed by atoms with Gasteiger partial charge in [-0.2, -0.15) is 0 Å². The quantitative estimate of drug-likeness (QED) is 0.759. The Kier molecular flexibility index (Phi) is 5.73. The zero-order valence-corrected chi connectivity index (χ0v) is 16.2. The SMILES string of the molecule is COc1cc(/C=C2\CC(C)C/C(=C\c3ccc(O)c(OC)c3)C2=O)ccc1O. The second-order valence-corrected chi connectivity index (χ2v) is 7.04. The monoisotopic (exact) mass is 380 g/mol. The van der Waals surface area contributed by atoms with E-state index in [-0.39, 0.29) is 17.3 Å². The number of phenols is 2. The molecule has 0 atom stereocenters. The molecule has 0 amide bonds. The van der Waals surface area contributed by atoms with E-state index >= 15 is 0 Å². The van der Waals surface area contributed by atoms with Gasteiger partial charge in [-0.05, 0) is 66.3 Å². The average Bonchev–Trinajstić information content (AvgIpc) is 2.68. The average molecular weight is 380 g/mol. The predicted molar refractivity (Wildman–Crippen MR) is 109 cm³/mol. The highest BCUT2D eigenvalue weighted by molar-refractivity contribution is 6.14. The van der Waals surface area contributed by atoms with Crippen molar-refractivity contribution in [1.82, 2.24) is 0 Å². The summed E-state index contributed by atoms with van der Waals surface area (Å²) < 4.78 is 10.3. The van der Waals surface area contributed by atoms with Crippen LogP contribution in [0.4, 0.5) is 0 Å². The van der Waals surface area contributed by atoms with Crippen LogP contribution in [0.25, 0.3) is 12.2 Å². The van der Waals surface area contributed by atoms with E-state index in [0.717, 1.165) is 22.3 Å². The highest BCUT2D eigenvalue weighted by Crippen LogP contribution is 2.34. The number of aromatic hydroxyl groups is 2. The van der Waals surface area contributed by atoms with E-state index < -0.39 is 0 Å². The number of Topliss-reactive ketones (excluding diaryl/α,β-unsaturated/α-hetero) is 1. The molecule has 2 aromatic carbocycles. The van der Waals surface area contributed by atoms with Gasteiger partial charge in [0.25, 0.3) is 0 Å². The van der Waals surface area contributed by atoms with Crippen LogP contribution in [0.15, 0.2) is 47.5 Å². The summed E-state index contributed by atoms with van der Waals surface area (Å²) in [5.41, 5.74) is 3.06. The summed E-state index contributed by atoms with van der Waals surface area (Å²) in [5, 5.41) is 19.5. The minimum absolute atomic E-state index is 0.0113. The zero-order valence-electron chi connectivity index (χ0n) is 16.2. The molecule has 0 radical (unpaired) electrons. The standard InChI is InChI=1S/C23H24O5/c1-14-8-17(10-15-4-6-19(24)21(12-15)27-2)23(26)18(9-14)11-16-5-7-20(25)22(13-16)28-3/h4-7,10-14,24-25H,8-9H2,1-3H3/b17-10+,18-11+. The van der Waals surface area contributed by atoms with Gasteiger partial charge in [0.2, 0.25) is 0 Å². The molecule has 3 rings (SSSR count). The number of rotatable bonds is 4. The number of methoxy groups -OCH3 is 2. The molecule has 5 nitrogen and oxygen atoms in total. The third kappa shape index (κ3) is 4.19. The number of ketones is 1. The van der Waals surface area contributed by atoms with E-state index in [4.69, 9.17) is 9.47 Å². The van der Waals surface area contributed by atoms with Gasteiger partial charge in [-0.3, -0.25) is 4.79 Å². The molecule has 0 saturated heterocycles. The number of carbonyl (C=O) groups is 1. The van der Waals surface area contributed by atoms with Crippen LogP contribution in [0.1, 0.15) is 30.9 Å². The summed E-state index contributed by atoms with van der Waals surface area (Å²) in [6, 6.07) is 10.0. The third-order valence-electron chi connectivity index (χ3n) is 4.81. The fourth-order valence-electron chi connectivity index (χ4n) is 3.43. The second kappa shape index (κ2) is 8.21. The molecule has 0 unspecified atom stereocenters. The molecule has 1 saturated carbocycles. The van der Waals surface area contributed by atoms with Crippen molar-refractivity contribution in [1.29, 1.82) is 0 Å². The Bertz CT molecular complexity index is 880. The Balaban J connectivity index is 1.94. The molecule has 146 valence electrons. The van der Waals surface area contributed by atoms with Crippen molar-refractivity contribution in [2.24, 2.45) is 5.92 Å². The third-order valence-corrected chi connectivity index (χ3v) is 4.81. The molecule has 0 aromatic heterocycles. The van der Waals surface area contributed by atoms with Crippen molar-refractivity contribution in [2.75, 3.05) is 14.2 Å². The van der Waals surface area contributed by atoms with Crippen molar-refractivity contribution in [3.05, 3.63) is 58.7 Å². The Hall–Kier alpha value is -3.21. The predicted octanol–water partition coefficient (Wildman–Crippen LogP) is 4.58. The van der Waals surface area contributed by atoms with E-state index in [9.17, 15) is 15.0 Å². The lowest BCUT2D eigenvalue weighted by molar-refractivity contribution is -0.113. The van der Waals surface area contributed by atoms with Crippen molar-refractivity contribution in [3.8, 4) is 23.0 Å². The Morgan fingerprint density at radius 3 is 1.68 bits per heavy atom. The van der Waals surface area contributed by atoms with Gasteiger partial charge in [-0.25, -0.2) is 0 Å². The number of ether oxygens (including phenoxy) is 2. The first-order chi connectivity index (χ1) is 13.4. The van der Waals surface area contributed by atoms with Gasteiger partial charge >= 0.3 is 0 Å². The van der Waals surface area contributed by atoms with Gasteiger partial charge in [0.15, 0.2) is 28.8 Å². The highest BCUT2D eigenvalue weighted by Gasteiger charge is 2.25. The van der Waals surface area contributed by atoms with Gasteiger partial charge in [-0.1, -0.05) is 19.1 Å². The first kappa shape index (κ1) is 19.5. The number of hydrogen-bond donors (Lipinski definition) is 2. The minimum atomic E-state index is 0.0113. The maximum Gasteiger partial charge on any atom is 0.185 e. The molecular formula is C23H24O5. The van der Waals surface area contributed by atoms with E-state index in [0.29, 0.717) is 30.3 Å². The van der Waals surface area contributed by atoms with Crippen LogP contribution in [0.3, 0.4) is 0 Å². The van der Waals surface area contributed by atoms with Gasteiger partial charge in [-0.15, -0.1) is 0 Å². The molecule has 5 heteroatoms. The van der Waals surface area contributed by atoms with Crippen molar-refractivity contribution >= 4 is 17.9 Å². The fourth-order valence-corrected chi connectivity index (χ4v) is 3.43. The lowest BCUT2D eigenvalue weighted by Gasteiger charge is -2.23. The number of benzene rings is 2. The van der Waals surface area contributed by atoms with Gasteiger partial charge in [0.05, 0.1) is 14.2 Å². The lowest BCUT2D eigenvalue weighted by atomic mass is 9.81. The summed E-state index contributed by atoms with van der Waals surface area (Å²) in [6.07, 6.45) is 5.09. The van der Waals surface area contributed by atoms with Gasteiger partial charge in [0, 0.05) is 11.1 Å². The van der Waals surface area contributed by atoms with Crippen molar-refractivity contribution in [3.63, 3.8) is 0 Å². The summed E-state index contributed by atoms with van der Waals surface area (Å²) in [7, 11) is 2.99. The molecule has 0 aliphatic heterocycles. The van der Waals surface area contributed by atoms with Crippen LogP contribution in [0.2, 0.25) is 0 Å². The van der Waals surface area contributed by atoms with Crippen molar-refractivity contribution < 1.29 is 24.5 Å². The largest absolute Gasteiger partial charge is 0.504 e. The van der Waals surface area contributed by atoms with E-state index in [1.807, 2.05) is 12.2 Å². The van der Waals surface area contributed by atoms with E-state index in [2.05, 4.69) is 6.92 Å². The van der Waals surface area contributed by atoms with Crippen LogP contribution >= 0.6 is 0 Å². The Morgan fingerprint density at radius 1 is 0.857 bits per heavy atom. The Labute approximate surface area is 164 Å². The van der Waals surface area contributed by atoms with Gasteiger partial charge in [0.1, 0.15) is 0 Å². The molecule has 2 aromatic rings. The smallest absolute Gasteiger partial charge is 0.185 e. The zero-order chi connectivity index (χ0) is 20.3. The molecular weight excluding hydrogens is 356 g/mol. The second-order valence-electron chi connectivity index (χ2n) is 7.04. The van der Waals surface area contributed by atoms with Crippen molar-refractivity contribution in [2.45, 2.75) is 19.8 Å². The highest BCUT2D eigenvalue weighted by atomic mass is 16.5. The Morgan fingerprint density at radius 2 is 1.29 bits per heavy atom. The van der Waals surface area contributed by atoms with Crippen LogP contribution in [-0.4, -0.2) is 30.2 Å². The lowest BCUT2D eigenvalue weighted by Crippen LogP contribution is -2.18. The normalized spacial score (nSPS) is 19.8. The molecule has 0 spiro atoms. The summed E-state index contributed by atoms with van der Waals surface area (Å²) in [4.78, 5) is 13.0. The molecule has 1 aliphatic carbocycles. The number of phenolic OH excluding ortho intramolecular Hbond substituents is 2. The molecule has 1 fully saturated rings. The number of hydrogen-bond acceptors (Lipinski definition) is 5. The van der Waals surface area contributed by atoms with Crippen LogP contribution in [0.5, 0.6) is 23.0 Å². The number of carbonyl (C=O) groups excluding carboxylic acids is 1. The topological polar surface area (TPSA) is 76.0 Å². The molecule has 2 N–H and O–H groups in total. The molecule has 0 bridgehead atoms. The maximum absolute atomic E-state index is 13.0. The summed E-state index contributed by atoms with van der Waals surface area (Å²) >= 11 is 0. The minimum Gasteiger partial charge on any atom is -0.504 e. The summed E-state index contributed by atoms with van der Waals surface area (Å²) in [5.74, 6) is 1.21. The first-order valence-corrected chi connectivity index (χ1v) is 9.11. The van der Waals surface area contributed by atoms with Crippen LogP contribution in [-0.2, 0) is 4.79 Å². The summed E-state index contributed by atoms with van der Waals surface area (Å²) in [6.45, 7) is 2.11. The molecule has 28 heavy (non-hydrogen) atoms. The molecule has 1 aliphatic rings. The first-order valence-electron chi connectivity index (χ1n) is 9.11. The number of allylic oxidation sites excluding steroid dienone is 2. The maximum atomic E-state index is 13.0. The van der Waals surface area contributed by atoms with Gasteiger partial charge < -0.3 is 19.7 Å². The van der Waals surface area contributed by atoms with E-state index in [1.165, 1.54) is 14.2 Å².